The minimum Gasteiger partial charge on any atom is -0.383 e. The van der Waals surface area contributed by atoms with Crippen molar-refractivity contribution >= 4 is 5.91 Å². The molecule has 1 heterocycles. The topological polar surface area (TPSA) is 44.8 Å². The number of ether oxygens (including phenoxy) is 1. The molecular formula is C13H27N3O2. The van der Waals surface area contributed by atoms with Gasteiger partial charge in [-0.3, -0.25) is 9.69 Å². The van der Waals surface area contributed by atoms with Gasteiger partial charge >= 0.3 is 0 Å². The first-order valence-electron chi connectivity index (χ1n) is 6.86. The summed E-state index contributed by atoms with van der Waals surface area (Å²) in [6.45, 7) is 10.3. The molecule has 5 nitrogen and oxygen atoms in total. The molecule has 0 aromatic rings. The van der Waals surface area contributed by atoms with E-state index in [1.54, 1.807) is 7.11 Å². The van der Waals surface area contributed by atoms with Crippen molar-refractivity contribution in [3.05, 3.63) is 0 Å². The van der Waals surface area contributed by atoms with Gasteiger partial charge < -0.3 is 15.0 Å². The lowest BCUT2D eigenvalue weighted by Crippen LogP contribution is -2.47. The molecular weight excluding hydrogens is 230 g/mol. The maximum Gasteiger partial charge on any atom is 0.223 e. The van der Waals surface area contributed by atoms with E-state index in [1.165, 1.54) is 0 Å². The van der Waals surface area contributed by atoms with Crippen LogP contribution in [0.3, 0.4) is 0 Å². The molecule has 0 bridgehead atoms. The van der Waals surface area contributed by atoms with Crippen LogP contribution in [0, 0.1) is 0 Å². The lowest BCUT2D eigenvalue weighted by Gasteiger charge is -2.30. The van der Waals surface area contributed by atoms with Gasteiger partial charge in [0.05, 0.1) is 6.61 Å². The summed E-state index contributed by atoms with van der Waals surface area (Å²) >= 11 is 0. The lowest BCUT2D eigenvalue weighted by atomic mass is 10.2. The third-order valence-electron chi connectivity index (χ3n) is 3.40. The number of carbonyl (C=O) groups is 1. The highest BCUT2D eigenvalue weighted by Crippen LogP contribution is 2.03. The number of hydrogen-bond donors (Lipinski definition) is 1. The first-order valence-corrected chi connectivity index (χ1v) is 6.86. The summed E-state index contributed by atoms with van der Waals surface area (Å²) in [5.74, 6) is 0.277. The van der Waals surface area contributed by atoms with E-state index in [0.717, 1.165) is 45.9 Å². The van der Waals surface area contributed by atoms with Crippen LogP contribution in [-0.2, 0) is 9.53 Å². The fourth-order valence-corrected chi connectivity index (χ4v) is 2.15. The van der Waals surface area contributed by atoms with Crippen molar-refractivity contribution in [3.63, 3.8) is 0 Å². The van der Waals surface area contributed by atoms with E-state index < -0.39 is 0 Å². The highest BCUT2D eigenvalue weighted by Gasteiger charge is 2.17. The molecule has 0 unspecified atom stereocenters. The number of carbonyl (C=O) groups excluding carboxylic acids is 1. The zero-order valence-corrected chi connectivity index (χ0v) is 11.9. The van der Waals surface area contributed by atoms with Gasteiger partial charge in [-0.25, -0.2) is 0 Å². The highest BCUT2D eigenvalue weighted by atomic mass is 16.5. The Morgan fingerprint density at radius 2 is 2.00 bits per heavy atom. The molecule has 1 fully saturated rings. The number of nitrogens with one attached hydrogen (secondary N) is 1. The van der Waals surface area contributed by atoms with Crippen LogP contribution in [0.15, 0.2) is 0 Å². The molecule has 0 aliphatic carbocycles. The first-order chi connectivity index (χ1) is 8.65. The maximum atomic E-state index is 12.0. The van der Waals surface area contributed by atoms with Gasteiger partial charge in [-0.1, -0.05) is 0 Å². The molecule has 106 valence electrons. The summed E-state index contributed by atoms with van der Waals surface area (Å²) in [6, 6.07) is 0.455. The Kier molecular flexibility index (Phi) is 7.23. The second-order valence-electron chi connectivity index (χ2n) is 5.00. The van der Waals surface area contributed by atoms with Crippen molar-refractivity contribution in [2.75, 3.05) is 53.0 Å². The van der Waals surface area contributed by atoms with E-state index in [2.05, 4.69) is 24.1 Å². The van der Waals surface area contributed by atoms with Crippen molar-refractivity contribution in [3.8, 4) is 0 Å². The molecule has 0 aromatic heterocycles. The molecule has 5 heteroatoms. The quantitative estimate of drug-likeness (QED) is 0.706. The van der Waals surface area contributed by atoms with E-state index in [-0.39, 0.29) is 5.91 Å². The number of hydrogen-bond acceptors (Lipinski definition) is 4. The monoisotopic (exact) mass is 257 g/mol. The molecule has 1 saturated heterocycles. The van der Waals surface area contributed by atoms with Crippen LogP contribution in [0.25, 0.3) is 0 Å². The van der Waals surface area contributed by atoms with Crippen LogP contribution >= 0.6 is 0 Å². The first kappa shape index (κ1) is 15.4. The molecule has 1 aliphatic heterocycles. The summed E-state index contributed by atoms with van der Waals surface area (Å²) < 4.78 is 5.10. The van der Waals surface area contributed by atoms with Crippen LogP contribution in [0.1, 0.15) is 20.3 Å². The number of piperazine rings is 1. The summed E-state index contributed by atoms with van der Waals surface area (Å²) in [5, 5.41) is 3.26. The second kappa shape index (κ2) is 8.45. The average molecular weight is 257 g/mol. The molecule has 1 N–H and O–H groups in total. The summed E-state index contributed by atoms with van der Waals surface area (Å²) in [4.78, 5) is 16.3. The minimum absolute atomic E-state index is 0.277. The molecule has 0 radical (unpaired) electrons. The van der Waals surface area contributed by atoms with Crippen molar-refractivity contribution in [1.82, 2.24) is 15.1 Å². The predicted molar refractivity (Wildman–Crippen MR) is 72.7 cm³/mol. The SMILES string of the molecule is COCCN(CCC(=O)N1CCNCC1)C(C)C. The van der Waals surface area contributed by atoms with Crippen molar-refractivity contribution in [2.24, 2.45) is 0 Å². The summed E-state index contributed by atoms with van der Waals surface area (Å²) in [5.41, 5.74) is 0. The molecule has 0 saturated carbocycles. The third kappa shape index (κ3) is 5.33. The normalized spacial score (nSPS) is 16.6. The van der Waals surface area contributed by atoms with Gasteiger partial charge in [-0.15, -0.1) is 0 Å². The Labute approximate surface area is 110 Å². The van der Waals surface area contributed by atoms with E-state index in [1.807, 2.05) is 4.90 Å². The Balaban J connectivity index is 2.29. The Morgan fingerprint density at radius 3 is 2.56 bits per heavy atom. The van der Waals surface area contributed by atoms with Gasteiger partial charge in [-0.2, -0.15) is 0 Å². The molecule has 18 heavy (non-hydrogen) atoms. The second-order valence-corrected chi connectivity index (χ2v) is 5.00. The molecule has 1 amide bonds. The zero-order valence-electron chi connectivity index (χ0n) is 11.9. The van der Waals surface area contributed by atoms with Crippen LogP contribution in [-0.4, -0.2) is 74.7 Å². The van der Waals surface area contributed by atoms with Crippen LogP contribution in [0.5, 0.6) is 0 Å². The number of methoxy groups -OCH3 is 1. The fraction of sp³-hybridized carbons (Fsp3) is 0.923. The lowest BCUT2D eigenvalue weighted by molar-refractivity contribution is -0.132. The van der Waals surface area contributed by atoms with Crippen molar-refractivity contribution in [1.29, 1.82) is 0 Å². The Bertz CT molecular complexity index is 240. The van der Waals surface area contributed by atoms with Gasteiger partial charge in [0, 0.05) is 58.8 Å². The van der Waals surface area contributed by atoms with Crippen LogP contribution in [0.4, 0.5) is 0 Å². The Morgan fingerprint density at radius 1 is 1.33 bits per heavy atom. The largest absolute Gasteiger partial charge is 0.383 e. The molecule has 0 aromatic carbocycles. The molecule has 1 aliphatic rings. The van der Waals surface area contributed by atoms with Gasteiger partial charge in [0.25, 0.3) is 0 Å². The summed E-state index contributed by atoms with van der Waals surface area (Å²) in [7, 11) is 1.71. The van der Waals surface area contributed by atoms with E-state index in [0.29, 0.717) is 12.5 Å². The van der Waals surface area contributed by atoms with Gasteiger partial charge in [0.1, 0.15) is 0 Å². The van der Waals surface area contributed by atoms with Crippen LogP contribution < -0.4 is 5.32 Å². The summed E-state index contributed by atoms with van der Waals surface area (Å²) in [6.07, 6.45) is 0.613. The molecule has 0 atom stereocenters. The van der Waals surface area contributed by atoms with Crippen molar-refractivity contribution in [2.45, 2.75) is 26.3 Å². The average Bonchev–Trinajstić information content (AvgIpc) is 2.39. The van der Waals surface area contributed by atoms with E-state index in [9.17, 15) is 4.79 Å². The number of nitrogens with zero attached hydrogens (tertiary/aromatic N) is 2. The predicted octanol–water partition coefficient (Wildman–Crippen LogP) is 0.165. The number of amides is 1. The van der Waals surface area contributed by atoms with Crippen LogP contribution in [0.2, 0.25) is 0 Å². The van der Waals surface area contributed by atoms with E-state index >= 15 is 0 Å². The Hall–Kier alpha value is -0.650. The number of rotatable bonds is 7. The van der Waals surface area contributed by atoms with Gasteiger partial charge in [-0.05, 0) is 13.8 Å². The fourth-order valence-electron chi connectivity index (χ4n) is 2.15. The van der Waals surface area contributed by atoms with Gasteiger partial charge in [0.15, 0.2) is 0 Å². The smallest absolute Gasteiger partial charge is 0.223 e. The minimum atomic E-state index is 0.277. The van der Waals surface area contributed by atoms with E-state index in [4.69, 9.17) is 4.74 Å². The highest BCUT2D eigenvalue weighted by molar-refractivity contribution is 5.76. The zero-order chi connectivity index (χ0) is 13.4. The van der Waals surface area contributed by atoms with Gasteiger partial charge in [0.2, 0.25) is 5.91 Å². The third-order valence-corrected chi connectivity index (χ3v) is 3.40. The standard InChI is InChI=1S/C13H27N3O2/c1-12(2)15(10-11-18-3)7-4-13(17)16-8-5-14-6-9-16/h12,14H,4-11H2,1-3H3. The molecule has 0 spiro atoms. The maximum absolute atomic E-state index is 12.0. The molecule has 1 rings (SSSR count). The van der Waals surface area contributed by atoms with Crippen molar-refractivity contribution < 1.29 is 9.53 Å².